The third-order valence-corrected chi connectivity index (χ3v) is 4.43. The van der Waals surface area contributed by atoms with Crippen molar-refractivity contribution in [1.82, 2.24) is 9.88 Å². The van der Waals surface area contributed by atoms with E-state index in [1.807, 2.05) is 19.1 Å². The molecule has 1 aromatic carbocycles. The monoisotopic (exact) mass is 316 g/mol. The molecule has 3 unspecified atom stereocenters. The van der Waals surface area contributed by atoms with Gasteiger partial charge in [-0.25, -0.2) is 0 Å². The Morgan fingerprint density at radius 3 is 2.70 bits per heavy atom. The van der Waals surface area contributed by atoms with Crippen LogP contribution in [0.25, 0.3) is 10.9 Å². The molecule has 2 heterocycles. The number of pyridine rings is 1. The van der Waals surface area contributed by atoms with Gasteiger partial charge in [-0.15, -0.1) is 0 Å². The molecule has 5 heteroatoms. The van der Waals surface area contributed by atoms with Gasteiger partial charge in [0.15, 0.2) is 6.23 Å². The number of hydrogen-bond acceptors (Lipinski definition) is 4. The van der Waals surface area contributed by atoms with Crippen molar-refractivity contribution in [2.45, 2.75) is 58.5 Å². The molecule has 0 aliphatic carbocycles. The van der Waals surface area contributed by atoms with E-state index in [-0.39, 0.29) is 23.9 Å². The maximum absolute atomic E-state index is 12.1. The largest absolute Gasteiger partial charge is 0.468 e. The number of benzene rings is 1. The first-order chi connectivity index (χ1) is 10.9. The molecule has 0 saturated heterocycles. The second-order valence-electron chi connectivity index (χ2n) is 6.45. The Kier molecular flexibility index (Phi) is 4.17. The van der Waals surface area contributed by atoms with Crippen LogP contribution >= 0.6 is 0 Å². The van der Waals surface area contributed by atoms with Gasteiger partial charge >= 0.3 is 0 Å². The van der Waals surface area contributed by atoms with Crippen molar-refractivity contribution >= 4 is 10.9 Å². The molecule has 0 spiro atoms. The average molecular weight is 316 g/mol. The Morgan fingerprint density at radius 1 is 1.30 bits per heavy atom. The number of ether oxygens (including phenoxy) is 1. The molecule has 2 aromatic rings. The third kappa shape index (κ3) is 2.64. The predicted octanol–water partition coefficient (Wildman–Crippen LogP) is 2.72. The zero-order valence-electron chi connectivity index (χ0n) is 14.0. The predicted molar refractivity (Wildman–Crippen MR) is 90.9 cm³/mol. The van der Waals surface area contributed by atoms with E-state index in [0.717, 1.165) is 22.9 Å². The highest BCUT2D eigenvalue weighted by Gasteiger charge is 2.28. The molecule has 5 nitrogen and oxygen atoms in total. The summed E-state index contributed by atoms with van der Waals surface area (Å²) in [7, 11) is 0. The van der Waals surface area contributed by atoms with Crippen LogP contribution in [0.4, 0.5) is 0 Å². The van der Waals surface area contributed by atoms with Gasteiger partial charge in [-0.1, -0.05) is 26.8 Å². The minimum atomic E-state index is -0.640. The Balaban J connectivity index is 2.13. The summed E-state index contributed by atoms with van der Waals surface area (Å²) in [5.41, 5.74) is 1.53. The van der Waals surface area contributed by atoms with Crippen LogP contribution in [0.3, 0.4) is 0 Å². The molecule has 3 atom stereocenters. The summed E-state index contributed by atoms with van der Waals surface area (Å²) in [5.74, 6) is 0.700. The fraction of sp³-hybridized carbons (Fsp3) is 0.500. The van der Waals surface area contributed by atoms with Crippen LogP contribution in [0.15, 0.2) is 29.1 Å². The second kappa shape index (κ2) is 5.98. The lowest BCUT2D eigenvalue weighted by molar-refractivity contribution is 0.123. The number of nitrogens with one attached hydrogen (secondary N) is 1. The van der Waals surface area contributed by atoms with Crippen LogP contribution in [0, 0.1) is 0 Å². The first-order valence-corrected chi connectivity index (χ1v) is 8.23. The second-order valence-corrected chi connectivity index (χ2v) is 6.45. The highest BCUT2D eigenvalue weighted by atomic mass is 16.5. The van der Waals surface area contributed by atoms with Crippen LogP contribution < -0.4 is 15.6 Å². The van der Waals surface area contributed by atoms with Gasteiger partial charge in [0.05, 0.1) is 11.6 Å². The molecule has 0 radical (unpaired) electrons. The van der Waals surface area contributed by atoms with Crippen molar-refractivity contribution in [2.24, 2.45) is 0 Å². The molecule has 1 aliphatic heterocycles. The summed E-state index contributed by atoms with van der Waals surface area (Å²) in [6.07, 6.45) is -0.141. The highest BCUT2D eigenvalue weighted by molar-refractivity contribution is 5.89. The minimum absolute atomic E-state index is 0.0384. The summed E-state index contributed by atoms with van der Waals surface area (Å²) in [4.78, 5) is 12.1. The third-order valence-electron chi connectivity index (χ3n) is 4.43. The van der Waals surface area contributed by atoms with E-state index in [1.54, 1.807) is 16.7 Å². The SMILES string of the molecule is CCC(NC(C)C)C(O)c1ccc2c3c1ccc(=O)n3C(C)O2. The normalized spacial score (nSPS) is 19.1. The van der Waals surface area contributed by atoms with Crippen molar-refractivity contribution < 1.29 is 9.84 Å². The molecular formula is C18H24N2O3. The first-order valence-electron chi connectivity index (χ1n) is 8.23. The molecule has 0 fully saturated rings. The van der Waals surface area contributed by atoms with Gasteiger partial charge in [0, 0.05) is 23.5 Å². The summed E-state index contributed by atoms with van der Waals surface area (Å²) in [6, 6.07) is 7.34. The van der Waals surface area contributed by atoms with Gasteiger partial charge in [-0.05, 0) is 31.0 Å². The van der Waals surface area contributed by atoms with Gasteiger partial charge in [-0.2, -0.15) is 0 Å². The van der Waals surface area contributed by atoms with E-state index < -0.39 is 6.10 Å². The molecule has 0 bridgehead atoms. The maximum atomic E-state index is 12.1. The number of nitrogens with zero attached hydrogens (tertiary/aromatic N) is 1. The van der Waals surface area contributed by atoms with E-state index in [1.165, 1.54) is 0 Å². The van der Waals surface area contributed by atoms with Crippen molar-refractivity contribution in [3.63, 3.8) is 0 Å². The first kappa shape index (κ1) is 16.0. The Bertz CT molecular complexity index is 782. The van der Waals surface area contributed by atoms with Gasteiger partial charge in [-0.3, -0.25) is 9.36 Å². The van der Waals surface area contributed by atoms with Crippen molar-refractivity contribution in [2.75, 3.05) is 0 Å². The lowest BCUT2D eigenvalue weighted by Gasteiger charge is -2.26. The molecular weight excluding hydrogens is 292 g/mol. The Morgan fingerprint density at radius 2 is 2.04 bits per heavy atom. The van der Waals surface area contributed by atoms with E-state index in [9.17, 15) is 9.90 Å². The van der Waals surface area contributed by atoms with Gasteiger partial charge < -0.3 is 15.2 Å². The van der Waals surface area contributed by atoms with Gasteiger partial charge in [0.25, 0.3) is 5.56 Å². The summed E-state index contributed by atoms with van der Waals surface area (Å²) in [6.45, 7) is 8.04. The fourth-order valence-corrected chi connectivity index (χ4v) is 3.40. The van der Waals surface area contributed by atoms with Gasteiger partial charge in [0.2, 0.25) is 0 Å². The zero-order valence-corrected chi connectivity index (χ0v) is 14.0. The number of aliphatic hydroxyl groups is 1. The van der Waals surface area contributed by atoms with Crippen LogP contribution in [0.2, 0.25) is 0 Å². The molecule has 2 N–H and O–H groups in total. The van der Waals surface area contributed by atoms with Crippen LogP contribution in [-0.4, -0.2) is 21.8 Å². The van der Waals surface area contributed by atoms with E-state index in [2.05, 4.69) is 26.1 Å². The van der Waals surface area contributed by atoms with Crippen LogP contribution in [-0.2, 0) is 0 Å². The molecule has 3 rings (SSSR count). The molecule has 0 amide bonds. The summed E-state index contributed by atoms with van der Waals surface area (Å²) < 4.78 is 7.41. The average Bonchev–Trinajstić information content (AvgIpc) is 2.85. The topological polar surface area (TPSA) is 63.5 Å². The lowest BCUT2D eigenvalue weighted by Crippen LogP contribution is -2.39. The van der Waals surface area contributed by atoms with Crippen LogP contribution in [0.1, 0.15) is 52.0 Å². The molecule has 124 valence electrons. The summed E-state index contributed by atoms with van der Waals surface area (Å²) in [5, 5.41) is 15.2. The highest BCUT2D eigenvalue weighted by Crippen LogP contribution is 2.38. The zero-order chi connectivity index (χ0) is 16.7. The standard InChI is InChI=1S/C18H24N2O3/c1-5-14(19-10(2)3)18(22)13-6-8-15-17-12(13)7-9-16(21)20(17)11(4)23-15/h6-11,14,18-19,22H,5H2,1-4H3. The Hall–Kier alpha value is -1.85. The minimum Gasteiger partial charge on any atom is -0.468 e. The smallest absolute Gasteiger partial charge is 0.254 e. The van der Waals surface area contributed by atoms with Crippen molar-refractivity contribution in [3.05, 3.63) is 40.2 Å². The lowest BCUT2D eigenvalue weighted by atomic mass is 9.95. The summed E-state index contributed by atoms with van der Waals surface area (Å²) >= 11 is 0. The van der Waals surface area contributed by atoms with E-state index >= 15 is 0 Å². The van der Waals surface area contributed by atoms with Gasteiger partial charge in [0.1, 0.15) is 5.75 Å². The molecule has 1 aromatic heterocycles. The molecule has 23 heavy (non-hydrogen) atoms. The van der Waals surface area contributed by atoms with Crippen molar-refractivity contribution in [3.8, 4) is 5.75 Å². The van der Waals surface area contributed by atoms with Crippen LogP contribution in [0.5, 0.6) is 5.75 Å². The molecule has 0 saturated carbocycles. The number of rotatable bonds is 5. The Labute approximate surface area is 135 Å². The quantitative estimate of drug-likeness (QED) is 0.890. The fourth-order valence-electron chi connectivity index (χ4n) is 3.40. The van der Waals surface area contributed by atoms with E-state index in [4.69, 9.17) is 4.74 Å². The van der Waals surface area contributed by atoms with E-state index in [0.29, 0.717) is 5.75 Å². The number of aromatic nitrogens is 1. The maximum Gasteiger partial charge on any atom is 0.254 e. The number of aliphatic hydroxyl groups excluding tert-OH is 1. The molecule has 1 aliphatic rings. The number of hydrogen-bond donors (Lipinski definition) is 2. The van der Waals surface area contributed by atoms with Crippen molar-refractivity contribution in [1.29, 1.82) is 0 Å².